The van der Waals surface area contributed by atoms with Crippen LogP contribution in [0.2, 0.25) is 0 Å². The Labute approximate surface area is 139 Å². The van der Waals surface area contributed by atoms with Crippen molar-refractivity contribution in [2.45, 2.75) is 43.7 Å². The van der Waals surface area contributed by atoms with Gasteiger partial charge in [-0.2, -0.15) is 0 Å². The van der Waals surface area contributed by atoms with Crippen molar-refractivity contribution in [3.63, 3.8) is 0 Å². The average molecular weight is 390 g/mol. The number of piperidine rings is 1. The largest absolute Gasteiger partial charge is 0.325 e. The molecule has 2 rings (SSSR count). The van der Waals surface area contributed by atoms with Crippen LogP contribution in [0.15, 0.2) is 27.6 Å². The molecule has 1 saturated heterocycles. The molecule has 1 aromatic rings. The Bertz CT molecular complexity index is 663. The van der Waals surface area contributed by atoms with Gasteiger partial charge in [-0.05, 0) is 60.4 Å². The minimum atomic E-state index is -3.57. The summed E-state index contributed by atoms with van der Waals surface area (Å²) >= 11 is 3.29. The van der Waals surface area contributed by atoms with Gasteiger partial charge < -0.3 is 10.6 Å². The summed E-state index contributed by atoms with van der Waals surface area (Å²) in [6.07, 6.45) is 1.54. The predicted molar refractivity (Wildman–Crippen MR) is 89.3 cm³/mol. The van der Waals surface area contributed by atoms with Crippen molar-refractivity contribution < 1.29 is 13.2 Å². The van der Waals surface area contributed by atoms with E-state index in [2.05, 4.69) is 31.3 Å². The van der Waals surface area contributed by atoms with E-state index < -0.39 is 10.0 Å². The fourth-order valence-electron chi connectivity index (χ4n) is 2.48. The standard InChI is InChI=1S/C14H20BrN3O3S/c1-9-7-11(5-6-16-9)18-22(20,21)12-3-4-14(13(15)8-12)17-10(2)19/h3-4,8-9,11,16,18H,5-7H2,1-2H3,(H,17,19). The van der Waals surface area contributed by atoms with Gasteiger partial charge in [-0.15, -0.1) is 0 Å². The van der Waals surface area contributed by atoms with Crippen LogP contribution in [0.3, 0.4) is 0 Å². The number of hydrogen-bond acceptors (Lipinski definition) is 4. The van der Waals surface area contributed by atoms with Gasteiger partial charge in [0.25, 0.3) is 0 Å². The molecule has 1 amide bonds. The minimum Gasteiger partial charge on any atom is -0.325 e. The second kappa shape index (κ2) is 7.08. The van der Waals surface area contributed by atoms with Gasteiger partial charge in [-0.1, -0.05) is 0 Å². The number of sulfonamides is 1. The van der Waals surface area contributed by atoms with Crippen LogP contribution in [0.25, 0.3) is 0 Å². The number of amides is 1. The number of halogens is 1. The molecule has 3 N–H and O–H groups in total. The first-order valence-electron chi connectivity index (χ1n) is 7.11. The molecule has 22 heavy (non-hydrogen) atoms. The molecule has 0 bridgehead atoms. The first kappa shape index (κ1) is 17.4. The Balaban J connectivity index is 2.15. The molecule has 0 saturated carbocycles. The van der Waals surface area contributed by atoms with Gasteiger partial charge in [0.2, 0.25) is 15.9 Å². The van der Waals surface area contributed by atoms with E-state index in [1.165, 1.54) is 19.1 Å². The van der Waals surface area contributed by atoms with Gasteiger partial charge >= 0.3 is 0 Å². The van der Waals surface area contributed by atoms with Gasteiger partial charge in [0.15, 0.2) is 0 Å². The van der Waals surface area contributed by atoms with E-state index >= 15 is 0 Å². The maximum atomic E-state index is 12.5. The fourth-order valence-corrected chi connectivity index (χ4v) is 4.42. The molecule has 122 valence electrons. The lowest BCUT2D eigenvalue weighted by Gasteiger charge is -2.28. The van der Waals surface area contributed by atoms with E-state index in [1.54, 1.807) is 6.07 Å². The van der Waals surface area contributed by atoms with Gasteiger partial charge in [0.1, 0.15) is 0 Å². The topological polar surface area (TPSA) is 87.3 Å². The van der Waals surface area contributed by atoms with E-state index in [0.717, 1.165) is 19.4 Å². The molecular weight excluding hydrogens is 370 g/mol. The molecule has 1 heterocycles. The van der Waals surface area contributed by atoms with E-state index in [-0.39, 0.29) is 16.8 Å². The number of anilines is 1. The lowest BCUT2D eigenvalue weighted by atomic mass is 10.0. The lowest BCUT2D eigenvalue weighted by molar-refractivity contribution is -0.114. The molecule has 0 spiro atoms. The normalized spacial score (nSPS) is 22.3. The van der Waals surface area contributed by atoms with Crippen LogP contribution in [0.4, 0.5) is 5.69 Å². The third kappa shape index (κ3) is 4.52. The highest BCUT2D eigenvalue weighted by atomic mass is 79.9. The van der Waals surface area contributed by atoms with Crippen LogP contribution in [-0.2, 0) is 14.8 Å². The Kier molecular flexibility index (Phi) is 5.60. The first-order chi connectivity index (χ1) is 10.3. The van der Waals surface area contributed by atoms with Crippen molar-refractivity contribution in [1.82, 2.24) is 10.0 Å². The van der Waals surface area contributed by atoms with E-state index in [9.17, 15) is 13.2 Å². The van der Waals surface area contributed by atoms with Gasteiger partial charge in [0.05, 0.1) is 10.6 Å². The summed E-state index contributed by atoms with van der Waals surface area (Å²) in [5, 5.41) is 5.92. The van der Waals surface area contributed by atoms with Crippen molar-refractivity contribution in [2.24, 2.45) is 0 Å². The number of carbonyl (C=O) groups excluding carboxylic acids is 1. The smallest absolute Gasteiger partial charge is 0.240 e. The maximum Gasteiger partial charge on any atom is 0.240 e. The van der Waals surface area contributed by atoms with Gasteiger partial charge in [-0.3, -0.25) is 4.79 Å². The highest BCUT2D eigenvalue weighted by Crippen LogP contribution is 2.26. The number of nitrogens with one attached hydrogen (secondary N) is 3. The number of benzene rings is 1. The van der Waals surface area contributed by atoms with Crippen molar-refractivity contribution >= 4 is 37.5 Å². The summed E-state index contributed by atoms with van der Waals surface area (Å²) in [6, 6.07) is 4.80. The highest BCUT2D eigenvalue weighted by Gasteiger charge is 2.24. The van der Waals surface area contributed by atoms with Crippen LogP contribution in [0, 0.1) is 0 Å². The number of rotatable bonds is 4. The Hall–Kier alpha value is -0.960. The molecule has 0 radical (unpaired) electrons. The average Bonchev–Trinajstić information content (AvgIpc) is 2.40. The van der Waals surface area contributed by atoms with Crippen LogP contribution in [-0.4, -0.2) is 33.0 Å². The molecule has 8 heteroatoms. The maximum absolute atomic E-state index is 12.5. The molecule has 1 aliphatic rings. The van der Waals surface area contributed by atoms with E-state index in [4.69, 9.17) is 0 Å². The molecule has 2 atom stereocenters. The molecule has 1 fully saturated rings. The second-order valence-corrected chi connectivity index (χ2v) is 8.09. The minimum absolute atomic E-state index is 0.0601. The number of carbonyl (C=O) groups is 1. The quantitative estimate of drug-likeness (QED) is 0.732. The predicted octanol–water partition coefficient (Wildman–Crippen LogP) is 1.83. The third-order valence-electron chi connectivity index (χ3n) is 3.51. The van der Waals surface area contributed by atoms with Gasteiger partial charge in [-0.25, -0.2) is 13.1 Å². The van der Waals surface area contributed by atoms with Crippen molar-refractivity contribution in [3.8, 4) is 0 Å². The highest BCUT2D eigenvalue weighted by molar-refractivity contribution is 9.10. The van der Waals surface area contributed by atoms with Crippen molar-refractivity contribution in [1.29, 1.82) is 0 Å². The summed E-state index contributed by atoms with van der Waals surface area (Å²) < 4.78 is 28.2. The summed E-state index contributed by atoms with van der Waals surface area (Å²) in [6.45, 7) is 4.25. The Morgan fingerprint density at radius 3 is 2.73 bits per heavy atom. The Morgan fingerprint density at radius 1 is 1.41 bits per heavy atom. The Morgan fingerprint density at radius 2 is 2.14 bits per heavy atom. The molecule has 1 aromatic carbocycles. The zero-order valence-corrected chi connectivity index (χ0v) is 14.9. The molecule has 1 aliphatic heterocycles. The van der Waals surface area contributed by atoms with E-state index in [0.29, 0.717) is 16.2 Å². The van der Waals surface area contributed by atoms with Crippen LogP contribution < -0.4 is 15.4 Å². The SMILES string of the molecule is CC(=O)Nc1ccc(S(=O)(=O)NC2CCNC(C)C2)cc1Br. The van der Waals surface area contributed by atoms with Crippen LogP contribution in [0.5, 0.6) is 0 Å². The summed E-state index contributed by atoms with van der Waals surface area (Å²) in [4.78, 5) is 11.3. The molecule has 0 aromatic heterocycles. The molecule has 6 nitrogen and oxygen atoms in total. The molecular formula is C14H20BrN3O3S. The van der Waals surface area contributed by atoms with Crippen LogP contribution in [0.1, 0.15) is 26.7 Å². The summed E-state index contributed by atoms with van der Waals surface area (Å²) in [5.74, 6) is -0.210. The fraction of sp³-hybridized carbons (Fsp3) is 0.500. The summed E-state index contributed by atoms with van der Waals surface area (Å²) in [5.41, 5.74) is 0.543. The van der Waals surface area contributed by atoms with Gasteiger partial charge in [0, 0.05) is 23.5 Å². The lowest BCUT2D eigenvalue weighted by Crippen LogP contribution is -2.46. The zero-order valence-electron chi connectivity index (χ0n) is 12.5. The van der Waals surface area contributed by atoms with Crippen LogP contribution >= 0.6 is 15.9 Å². The zero-order chi connectivity index (χ0) is 16.3. The molecule has 2 unspecified atom stereocenters. The van der Waals surface area contributed by atoms with Crippen molar-refractivity contribution in [2.75, 3.05) is 11.9 Å². The summed E-state index contributed by atoms with van der Waals surface area (Å²) in [7, 11) is -3.57. The number of hydrogen-bond donors (Lipinski definition) is 3. The first-order valence-corrected chi connectivity index (χ1v) is 9.38. The molecule has 0 aliphatic carbocycles. The van der Waals surface area contributed by atoms with Crippen molar-refractivity contribution in [3.05, 3.63) is 22.7 Å². The van der Waals surface area contributed by atoms with E-state index in [1.807, 2.05) is 6.92 Å². The second-order valence-electron chi connectivity index (χ2n) is 5.52. The monoisotopic (exact) mass is 389 g/mol. The third-order valence-corrected chi connectivity index (χ3v) is 5.68.